The molecule has 0 aliphatic carbocycles. The zero-order valence-corrected chi connectivity index (χ0v) is 15.4. The van der Waals surface area contributed by atoms with Crippen LogP contribution in [0.1, 0.15) is 38.8 Å². The Labute approximate surface area is 150 Å². The molecule has 0 unspecified atom stereocenters. The molecule has 2 aromatic rings. The van der Waals surface area contributed by atoms with E-state index < -0.39 is 0 Å². The van der Waals surface area contributed by atoms with Crippen molar-refractivity contribution in [3.05, 3.63) is 42.2 Å². The molecule has 0 radical (unpaired) electrons. The number of guanidine groups is 1. The van der Waals surface area contributed by atoms with Gasteiger partial charge in [-0.25, -0.2) is 4.99 Å². The van der Waals surface area contributed by atoms with Gasteiger partial charge in [0, 0.05) is 37.9 Å². The number of hydrogen-bond donors (Lipinski definition) is 2. The van der Waals surface area contributed by atoms with Crippen molar-refractivity contribution in [3.63, 3.8) is 0 Å². The number of nitrogens with one attached hydrogen (secondary N) is 2. The molecule has 1 aromatic heterocycles. The second kappa shape index (κ2) is 11.4. The van der Waals surface area contributed by atoms with Gasteiger partial charge in [-0.2, -0.15) is 0 Å². The number of fused-ring (bicyclic) bond motifs is 1. The van der Waals surface area contributed by atoms with Gasteiger partial charge in [0.25, 0.3) is 0 Å². The molecule has 0 bridgehead atoms. The highest BCUT2D eigenvalue weighted by Gasteiger charge is 2.02. The van der Waals surface area contributed by atoms with Gasteiger partial charge in [0.15, 0.2) is 5.96 Å². The number of hydrogen-bond acceptors (Lipinski definition) is 3. The van der Waals surface area contributed by atoms with Crippen LogP contribution in [0.3, 0.4) is 0 Å². The molecule has 2 N–H and O–H groups in total. The van der Waals surface area contributed by atoms with Crippen LogP contribution in [0.4, 0.5) is 0 Å². The molecule has 136 valence electrons. The summed E-state index contributed by atoms with van der Waals surface area (Å²) in [7, 11) is 0. The third-order valence-electron chi connectivity index (χ3n) is 3.89. The van der Waals surface area contributed by atoms with Crippen LogP contribution in [0, 0.1) is 0 Å². The first-order valence-electron chi connectivity index (χ1n) is 9.27. The summed E-state index contributed by atoms with van der Waals surface area (Å²) in [5.74, 6) is 0.825. The number of benzene rings is 1. The summed E-state index contributed by atoms with van der Waals surface area (Å²) in [5, 5.41) is 9.00. The standard InChI is InChI=1S/C20H30N4O/c1-3-5-14-25-15-8-12-23-20(21-4-2)24-16-19-18-10-7-6-9-17(18)11-13-22-19/h6-7,9-11,13H,3-5,8,12,14-16H2,1-2H3,(H2,21,23,24). The number of nitrogens with zero attached hydrogens (tertiary/aromatic N) is 2. The lowest BCUT2D eigenvalue weighted by atomic mass is 10.1. The molecule has 0 aliphatic heterocycles. The largest absolute Gasteiger partial charge is 0.381 e. The van der Waals surface area contributed by atoms with E-state index >= 15 is 0 Å². The first-order valence-corrected chi connectivity index (χ1v) is 9.27. The van der Waals surface area contributed by atoms with Crippen molar-refractivity contribution >= 4 is 16.7 Å². The number of pyridine rings is 1. The van der Waals surface area contributed by atoms with Crippen LogP contribution in [0.2, 0.25) is 0 Å². The third-order valence-corrected chi connectivity index (χ3v) is 3.89. The molecular weight excluding hydrogens is 312 g/mol. The summed E-state index contributed by atoms with van der Waals surface area (Å²) in [6.45, 7) is 8.14. The molecule has 0 saturated heterocycles. The van der Waals surface area contributed by atoms with Gasteiger partial charge >= 0.3 is 0 Å². The minimum Gasteiger partial charge on any atom is -0.381 e. The van der Waals surface area contributed by atoms with E-state index in [9.17, 15) is 0 Å². The van der Waals surface area contributed by atoms with Crippen molar-refractivity contribution in [3.8, 4) is 0 Å². The lowest BCUT2D eigenvalue weighted by molar-refractivity contribution is 0.129. The smallest absolute Gasteiger partial charge is 0.191 e. The average molecular weight is 342 g/mol. The molecule has 5 heteroatoms. The molecule has 1 aromatic carbocycles. The summed E-state index contributed by atoms with van der Waals surface area (Å²) < 4.78 is 5.58. The molecule has 0 spiro atoms. The van der Waals surface area contributed by atoms with E-state index in [1.54, 1.807) is 0 Å². The van der Waals surface area contributed by atoms with E-state index in [-0.39, 0.29) is 0 Å². The topological polar surface area (TPSA) is 58.5 Å². The Morgan fingerprint density at radius 2 is 1.92 bits per heavy atom. The van der Waals surface area contributed by atoms with Crippen molar-refractivity contribution in [2.24, 2.45) is 4.99 Å². The molecule has 25 heavy (non-hydrogen) atoms. The van der Waals surface area contributed by atoms with E-state index in [0.29, 0.717) is 6.54 Å². The van der Waals surface area contributed by atoms with Crippen molar-refractivity contribution in [1.29, 1.82) is 0 Å². The lowest BCUT2D eigenvalue weighted by Crippen LogP contribution is -2.38. The van der Waals surface area contributed by atoms with Crippen molar-refractivity contribution in [2.75, 3.05) is 26.3 Å². The summed E-state index contributed by atoms with van der Waals surface area (Å²) >= 11 is 0. The third kappa shape index (κ3) is 6.70. The zero-order valence-electron chi connectivity index (χ0n) is 15.4. The van der Waals surface area contributed by atoms with E-state index in [1.165, 1.54) is 11.8 Å². The van der Waals surface area contributed by atoms with Gasteiger partial charge in [-0.05, 0) is 31.2 Å². The highest BCUT2D eigenvalue weighted by Crippen LogP contribution is 2.16. The lowest BCUT2D eigenvalue weighted by Gasteiger charge is -2.11. The Morgan fingerprint density at radius 1 is 1.08 bits per heavy atom. The number of unbranched alkanes of at least 4 members (excludes halogenated alkanes) is 1. The molecule has 0 amide bonds. The predicted molar refractivity (Wildman–Crippen MR) is 105 cm³/mol. The van der Waals surface area contributed by atoms with Crippen LogP contribution in [0.15, 0.2) is 41.5 Å². The Balaban J connectivity index is 1.86. The second-order valence-electron chi connectivity index (χ2n) is 5.92. The maximum atomic E-state index is 5.58. The van der Waals surface area contributed by atoms with Gasteiger partial charge < -0.3 is 15.4 Å². The Morgan fingerprint density at radius 3 is 2.76 bits per heavy atom. The van der Waals surface area contributed by atoms with Gasteiger partial charge in [-0.15, -0.1) is 0 Å². The second-order valence-corrected chi connectivity index (χ2v) is 5.92. The van der Waals surface area contributed by atoms with Gasteiger partial charge in [0.2, 0.25) is 0 Å². The first kappa shape index (κ1) is 19.2. The molecule has 2 rings (SSSR count). The Kier molecular flexibility index (Phi) is 8.77. The first-order chi connectivity index (χ1) is 12.3. The molecule has 0 saturated carbocycles. The molecule has 0 atom stereocenters. The predicted octanol–water partition coefficient (Wildman–Crippen LogP) is 3.50. The minimum absolute atomic E-state index is 0.559. The summed E-state index contributed by atoms with van der Waals surface area (Å²) in [6.07, 6.45) is 5.13. The fraction of sp³-hybridized carbons (Fsp3) is 0.500. The normalized spacial score (nSPS) is 11.7. The average Bonchev–Trinajstić information content (AvgIpc) is 2.65. The number of ether oxygens (including phenoxy) is 1. The molecule has 0 aliphatic rings. The SMILES string of the molecule is CCCCOCCCNC(=NCc1nccc2ccccc12)NCC. The van der Waals surface area contributed by atoms with Crippen LogP contribution in [-0.4, -0.2) is 37.2 Å². The van der Waals surface area contributed by atoms with Gasteiger partial charge in [-0.3, -0.25) is 4.98 Å². The fourth-order valence-electron chi connectivity index (χ4n) is 2.53. The van der Waals surface area contributed by atoms with Crippen molar-refractivity contribution in [2.45, 2.75) is 39.7 Å². The summed E-state index contributed by atoms with van der Waals surface area (Å²) in [5.41, 5.74) is 0.998. The number of aliphatic imine (C=N–C) groups is 1. The van der Waals surface area contributed by atoms with Crippen LogP contribution in [0.25, 0.3) is 10.8 Å². The Hall–Kier alpha value is -2.14. The maximum absolute atomic E-state index is 5.58. The van der Waals surface area contributed by atoms with E-state index in [0.717, 1.165) is 56.2 Å². The van der Waals surface area contributed by atoms with Crippen LogP contribution < -0.4 is 10.6 Å². The minimum atomic E-state index is 0.559. The molecule has 1 heterocycles. The number of rotatable bonds is 10. The fourth-order valence-corrected chi connectivity index (χ4v) is 2.53. The highest BCUT2D eigenvalue weighted by molar-refractivity contribution is 5.85. The Bertz CT molecular complexity index is 652. The maximum Gasteiger partial charge on any atom is 0.191 e. The van der Waals surface area contributed by atoms with E-state index in [1.807, 2.05) is 24.4 Å². The summed E-state index contributed by atoms with van der Waals surface area (Å²) in [4.78, 5) is 9.17. The van der Waals surface area contributed by atoms with Crippen molar-refractivity contribution < 1.29 is 4.74 Å². The van der Waals surface area contributed by atoms with Gasteiger partial charge in [-0.1, -0.05) is 37.6 Å². The van der Waals surface area contributed by atoms with E-state index in [2.05, 4.69) is 46.6 Å². The van der Waals surface area contributed by atoms with Crippen LogP contribution in [0.5, 0.6) is 0 Å². The monoisotopic (exact) mass is 342 g/mol. The zero-order chi connectivity index (χ0) is 17.7. The molecular formula is C20H30N4O. The summed E-state index contributed by atoms with van der Waals surface area (Å²) in [6, 6.07) is 10.3. The van der Waals surface area contributed by atoms with Crippen molar-refractivity contribution in [1.82, 2.24) is 15.6 Å². The van der Waals surface area contributed by atoms with Crippen LogP contribution >= 0.6 is 0 Å². The molecule has 0 fully saturated rings. The highest BCUT2D eigenvalue weighted by atomic mass is 16.5. The number of aromatic nitrogens is 1. The molecule has 5 nitrogen and oxygen atoms in total. The van der Waals surface area contributed by atoms with E-state index in [4.69, 9.17) is 4.74 Å². The van der Waals surface area contributed by atoms with Gasteiger partial charge in [0.05, 0.1) is 12.2 Å². The van der Waals surface area contributed by atoms with Crippen LogP contribution in [-0.2, 0) is 11.3 Å². The van der Waals surface area contributed by atoms with Gasteiger partial charge in [0.1, 0.15) is 0 Å². The quantitative estimate of drug-likeness (QED) is 0.394.